The van der Waals surface area contributed by atoms with E-state index in [0.29, 0.717) is 17.9 Å². The number of carbonyl (C=O) groups excluding carboxylic acids is 2. The van der Waals surface area contributed by atoms with Gasteiger partial charge in [0.1, 0.15) is 17.1 Å². The van der Waals surface area contributed by atoms with Crippen LogP contribution in [0.3, 0.4) is 0 Å². The number of nitrogens with zero attached hydrogens (tertiary/aromatic N) is 8. The summed E-state index contributed by atoms with van der Waals surface area (Å²) in [5, 5.41) is 26.9. The van der Waals surface area contributed by atoms with Gasteiger partial charge in [-0.15, -0.1) is 23.1 Å². The molecule has 0 spiro atoms. The first-order chi connectivity index (χ1) is 23.4. The lowest BCUT2D eigenvalue weighted by Crippen LogP contribution is -2.71. The maximum Gasteiger partial charge on any atom is 0.352 e. The number of nitrogens with two attached hydrogens (primary N) is 1. The molecule has 0 unspecified atom stereocenters. The van der Waals surface area contributed by atoms with Crippen LogP contribution in [0.1, 0.15) is 25.4 Å². The number of anilines is 1. The summed E-state index contributed by atoms with van der Waals surface area (Å²) >= 11 is 4.88. The number of nitrogens with one attached hydrogen (secondary N) is 1. The van der Waals surface area contributed by atoms with Crippen molar-refractivity contribution >= 4 is 81.0 Å². The van der Waals surface area contributed by atoms with Crippen molar-refractivity contribution in [3.63, 3.8) is 0 Å². The van der Waals surface area contributed by atoms with Gasteiger partial charge in [0.25, 0.3) is 11.8 Å². The van der Waals surface area contributed by atoms with Crippen molar-refractivity contribution in [2.45, 2.75) is 41.7 Å². The van der Waals surface area contributed by atoms with Crippen LogP contribution in [-0.2, 0) is 30.6 Å². The van der Waals surface area contributed by atoms with E-state index in [1.165, 1.54) is 48.7 Å². The third kappa shape index (κ3) is 7.28. The zero-order chi connectivity index (χ0) is 34.9. The van der Waals surface area contributed by atoms with E-state index < -0.39 is 46.5 Å². The Kier molecular flexibility index (Phi) is 9.68. The molecule has 4 aromatic heterocycles. The molecule has 0 saturated carbocycles. The van der Waals surface area contributed by atoms with E-state index in [1.807, 2.05) is 28.3 Å². The van der Waals surface area contributed by atoms with E-state index in [2.05, 4.69) is 34.8 Å². The summed E-state index contributed by atoms with van der Waals surface area (Å²) in [6.07, 6.45) is 7.08. The number of β-lactam (4-membered cyclic amide) rings is 1. The second-order valence-corrected chi connectivity index (χ2v) is 15.0. The number of carbonyl (C=O) groups is 4. The summed E-state index contributed by atoms with van der Waals surface area (Å²) in [6.45, 7) is 2.96. The second-order valence-electron chi connectivity index (χ2n) is 11.0. The lowest BCUT2D eigenvalue weighted by molar-refractivity contribution is -0.161. The minimum atomic E-state index is -1.80. The predicted molar refractivity (Wildman–Crippen MR) is 181 cm³/mol. The highest BCUT2D eigenvalue weighted by atomic mass is 32.2. The van der Waals surface area contributed by atoms with Crippen LogP contribution in [0.15, 0.2) is 63.2 Å². The first-order valence-electron chi connectivity index (χ1n) is 14.2. The van der Waals surface area contributed by atoms with Gasteiger partial charge in [-0.2, -0.15) is 9.36 Å². The molecule has 6 heterocycles. The fourth-order valence-corrected chi connectivity index (χ4v) is 8.35. The monoisotopic (exact) mass is 742 g/mol. The van der Waals surface area contributed by atoms with E-state index in [0.717, 1.165) is 37.7 Å². The van der Waals surface area contributed by atoms with Gasteiger partial charge in [-0.25, -0.2) is 19.6 Å². The number of aliphatic carboxylic acids is 2. The minimum Gasteiger partial charge on any atom is -0.478 e. The zero-order valence-electron chi connectivity index (χ0n) is 25.5. The Morgan fingerprint density at radius 1 is 1.27 bits per heavy atom. The van der Waals surface area contributed by atoms with Gasteiger partial charge in [-0.3, -0.25) is 19.5 Å². The highest BCUT2D eigenvalue weighted by Crippen LogP contribution is 2.42. The molecule has 21 heteroatoms. The van der Waals surface area contributed by atoms with Gasteiger partial charge in [-0.1, -0.05) is 16.9 Å². The van der Waals surface area contributed by atoms with Crippen LogP contribution < -0.4 is 11.1 Å². The third-order valence-electron chi connectivity index (χ3n) is 7.12. The van der Waals surface area contributed by atoms with Crippen LogP contribution in [0.25, 0.3) is 11.3 Å². The number of hydrogen-bond donors (Lipinski definition) is 4. The van der Waals surface area contributed by atoms with Crippen LogP contribution in [0.4, 0.5) is 5.13 Å². The molecule has 0 radical (unpaired) electrons. The summed E-state index contributed by atoms with van der Waals surface area (Å²) in [4.78, 5) is 73.8. The molecule has 254 valence electrons. The molecule has 0 aliphatic carbocycles. The van der Waals surface area contributed by atoms with Crippen molar-refractivity contribution in [3.8, 4) is 11.3 Å². The molecule has 2 aliphatic rings. The highest BCUT2D eigenvalue weighted by molar-refractivity contribution is 8.01. The van der Waals surface area contributed by atoms with Gasteiger partial charge in [0.05, 0.1) is 24.3 Å². The van der Waals surface area contributed by atoms with Crippen molar-refractivity contribution in [1.29, 1.82) is 0 Å². The van der Waals surface area contributed by atoms with Crippen LogP contribution in [0, 0.1) is 0 Å². The Labute approximate surface area is 293 Å². The van der Waals surface area contributed by atoms with E-state index in [9.17, 15) is 29.4 Å². The number of amides is 2. The molecule has 2 atom stereocenters. The quantitative estimate of drug-likeness (QED) is 0.0663. The Morgan fingerprint density at radius 3 is 2.78 bits per heavy atom. The van der Waals surface area contributed by atoms with Crippen molar-refractivity contribution in [2.75, 3.05) is 17.2 Å². The van der Waals surface area contributed by atoms with Gasteiger partial charge < -0.3 is 30.7 Å². The smallest absolute Gasteiger partial charge is 0.352 e. The largest absolute Gasteiger partial charge is 0.478 e. The zero-order valence-corrected chi connectivity index (χ0v) is 28.8. The van der Waals surface area contributed by atoms with E-state index >= 15 is 0 Å². The normalized spacial score (nSPS) is 17.8. The van der Waals surface area contributed by atoms with Crippen molar-refractivity contribution in [2.24, 2.45) is 5.16 Å². The number of thiazole rings is 1. The number of carboxylic acid groups (broad SMARTS) is 2. The number of oxime groups is 1. The number of fused-ring (bicyclic) bond motifs is 1. The van der Waals surface area contributed by atoms with Gasteiger partial charge in [0, 0.05) is 52.6 Å². The van der Waals surface area contributed by atoms with E-state index in [-0.39, 0.29) is 22.4 Å². The van der Waals surface area contributed by atoms with E-state index in [1.54, 1.807) is 18.7 Å². The SMILES string of the molecule is CC(C)(O/N=C(\C(=O)N[C@@H]1C(=O)N2C(C(=O)O)=C(CSc3nc(Cn4cnc(-c5cccnc5)c4)cs3)CS[C@H]12)c1nsc(N)n1)C(=O)O. The molecule has 49 heavy (non-hydrogen) atoms. The van der Waals surface area contributed by atoms with Gasteiger partial charge in [-0.05, 0) is 31.6 Å². The summed E-state index contributed by atoms with van der Waals surface area (Å²) in [5.74, 6) is -3.81. The standard InChI is InChI=1S/C28H26N10O7S4/c1-28(2,25(43)44)45-35-17(20-34-26(29)49-36-20)21(39)33-18-22(40)38-19(24(41)42)14(9-46-23(18)38)10-47-27-32-15(11-48-27)7-37-8-16(31-12-37)13-4-3-5-30-6-13/h3-6,8,11-12,18,23H,7,9-10H2,1-2H3,(H,33,39)(H,41,42)(H,43,44)(H2,29,34,36)/b35-17-/t18-,23-/m1/s1. The number of rotatable bonds is 13. The lowest BCUT2D eigenvalue weighted by atomic mass is 10.0. The van der Waals surface area contributed by atoms with Crippen LogP contribution >= 0.6 is 46.4 Å². The summed E-state index contributed by atoms with van der Waals surface area (Å²) in [5.41, 5.74) is 6.29. The van der Waals surface area contributed by atoms with Crippen molar-refractivity contribution in [3.05, 3.63) is 65.2 Å². The Bertz CT molecular complexity index is 1990. The van der Waals surface area contributed by atoms with Crippen LogP contribution in [-0.4, -0.2) is 102 Å². The van der Waals surface area contributed by atoms with Gasteiger partial charge in [0.15, 0.2) is 9.47 Å². The molecule has 0 bridgehead atoms. The van der Waals surface area contributed by atoms with Crippen molar-refractivity contribution < 1.29 is 34.2 Å². The number of pyridine rings is 1. The minimum absolute atomic E-state index is 0.0194. The third-order valence-corrected chi connectivity index (χ3v) is 11.2. The number of imidazole rings is 1. The topological polar surface area (TPSA) is 241 Å². The molecule has 2 aliphatic heterocycles. The number of hydrogen-bond acceptors (Lipinski definition) is 16. The molecule has 5 N–H and O–H groups in total. The molecular weight excluding hydrogens is 717 g/mol. The maximum absolute atomic E-state index is 13.3. The Hall–Kier alpha value is -4.86. The molecule has 17 nitrogen and oxygen atoms in total. The maximum atomic E-state index is 13.3. The molecule has 2 amide bonds. The molecule has 0 aromatic carbocycles. The average molecular weight is 743 g/mol. The van der Waals surface area contributed by atoms with Crippen LogP contribution in [0.2, 0.25) is 0 Å². The molecule has 4 aromatic rings. The van der Waals surface area contributed by atoms with Crippen molar-refractivity contribution in [1.82, 2.24) is 39.1 Å². The summed E-state index contributed by atoms with van der Waals surface area (Å²) in [6, 6.07) is 2.68. The van der Waals surface area contributed by atoms with Gasteiger partial charge in [0.2, 0.25) is 17.1 Å². The summed E-state index contributed by atoms with van der Waals surface area (Å²) < 4.78 is 6.60. The first kappa shape index (κ1) is 34.0. The average Bonchev–Trinajstić information content (AvgIpc) is 3.84. The highest BCUT2D eigenvalue weighted by Gasteiger charge is 2.54. The molecule has 6 rings (SSSR count). The Balaban J connectivity index is 1.11. The van der Waals surface area contributed by atoms with Gasteiger partial charge >= 0.3 is 11.9 Å². The molecule has 1 fully saturated rings. The van der Waals surface area contributed by atoms with E-state index in [4.69, 9.17) is 10.6 Å². The lowest BCUT2D eigenvalue weighted by Gasteiger charge is -2.49. The number of aromatic nitrogens is 6. The number of nitrogen functional groups attached to an aromatic ring is 1. The number of thioether (sulfide) groups is 2. The molecular formula is C28H26N10O7S4. The van der Waals surface area contributed by atoms with Crippen LogP contribution in [0.5, 0.6) is 0 Å². The summed E-state index contributed by atoms with van der Waals surface area (Å²) in [7, 11) is 0. The Morgan fingerprint density at radius 2 is 2.08 bits per heavy atom. The second kappa shape index (κ2) is 13.9. The predicted octanol–water partition coefficient (Wildman–Crippen LogP) is 2.00. The fourth-order valence-electron chi connectivity index (χ4n) is 4.59. The first-order valence-corrected chi connectivity index (χ1v) is 17.9. The number of carboxylic acids is 2. The molecule has 1 saturated heterocycles. The fraction of sp³-hybridized carbons (Fsp3) is 0.286.